The summed E-state index contributed by atoms with van der Waals surface area (Å²) in [5, 5.41) is 11.1. The molecule has 2 aromatic carbocycles. The van der Waals surface area contributed by atoms with Gasteiger partial charge < -0.3 is 20.4 Å². The van der Waals surface area contributed by atoms with Crippen molar-refractivity contribution in [2.24, 2.45) is 5.14 Å². The first kappa shape index (κ1) is 26.8. The Hall–Kier alpha value is -2.81. The minimum Gasteiger partial charge on any atom is -0.369 e. The third kappa shape index (κ3) is 7.34. The van der Waals surface area contributed by atoms with Gasteiger partial charge in [0.1, 0.15) is 5.82 Å². The lowest BCUT2D eigenvalue weighted by Crippen LogP contribution is -2.44. The number of nitrogens with one attached hydrogen (secondary N) is 2. The lowest BCUT2D eigenvalue weighted by atomic mass is 9.87. The highest BCUT2D eigenvalue weighted by molar-refractivity contribution is 7.77. The summed E-state index contributed by atoms with van der Waals surface area (Å²) < 4.78 is 0. The fourth-order valence-electron chi connectivity index (χ4n) is 3.98. The molecule has 0 unspecified atom stereocenters. The molecule has 0 amide bonds. The fourth-order valence-corrected chi connectivity index (χ4v) is 3.98. The standard InChI is InChI=1S/C27H36N6.H3NS/c1-6-20-19-28-26(31-25(20)29-23-9-7-8-21(18-23)27(2,3)4)30-22-10-12-24(13-11-22)33-16-14-32(5)15-17-33;1-2/h7-13,18-19H,6,14-17H2,1-5H3,(H2,28,29,30,31);2H,1H2. The number of thiol groups is 1. The van der Waals surface area contributed by atoms with E-state index in [0.29, 0.717) is 5.95 Å². The summed E-state index contributed by atoms with van der Waals surface area (Å²) in [7, 11) is 2.18. The van der Waals surface area contributed by atoms with E-state index in [2.05, 4.69) is 127 Å². The van der Waals surface area contributed by atoms with Crippen LogP contribution in [0, 0.1) is 0 Å². The summed E-state index contributed by atoms with van der Waals surface area (Å²) in [5.74, 6) is 1.43. The van der Waals surface area contributed by atoms with Gasteiger partial charge in [-0.1, -0.05) is 39.8 Å². The molecule has 1 saturated heterocycles. The minimum absolute atomic E-state index is 0.0972. The van der Waals surface area contributed by atoms with E-state index >= 15 is 0 Å². The second-order valence-electron chi connectivity index (χ2n) is 9.84. The maximum atomic E-state index is 4.80. The molecular formula is C27H39N7S. The number of hydrogen-bond acceptors (Lipinski definition) is 8. The summed E-state index contributed by atoms with van der Waals surface area (Å²) in [4.78, 5) is 14.1. The van der Waals surface area contributed by atoms with Crippen molar-refractivity contribution >= 4 is 41.6 Å². The normalized spacial score (nSPS) is 14.2. The fraction of sp³-hybridized carbons (Fsp3) is 0.407. The van der Waals surface area contributed by atoms with E-state index in [0.717, 1.165) is 55.4 Å². The van der Waals surface area contributed by atoms with Crippen molar-refractivity contribution in [2.45, 2.75) is 39.5 Å². The minimum atomic E-state index is 0.0972. The van der Waals surface area contributed by atoms with Crippen LogP contribution in [0.4, 0.5) is 28.8 Å². The molecule has 0 bridgehead atoms. The summed E-state index contributed by atoms with van der Waals surface area (Å²) in [6.07, 6.45) is 2.77. The Morgan fingerprint density at radius 2 is 1.63 bits per heavy atom. The van der Waals surface area contributed by atoms with Crippen molar-refractivity contribution < 1.29 is 0 Å². The average Bonchev–Trinajstić information content (AvgIpc) is 2.86. The number of hydrogen-bond donors (Lipinski definition) is 4. The molecule has 188 valence electrons. The molecule has 4 N–H and O–H groups in total. The number of rotatable bonds is 6. The maximum Gasteiger partial charge on any atom is 0.229 e. The molecule has 0 aliphatic carbocycles. The Balaban J connectivity index is 0.00000167. The first-order valence-corrected chi connectivity index (χ1v) is 12.6. The molecule has 0 spiro atoms. The second-order valence-corrected chi connectivity index (χ2v) is 9.84. The van der Waals surface area contributed by atoms with Gasteiger partial charge in [-0.2, -0.15) is 4.98 Å². The quantitative estimate of drug-likeness (QED) is 0.344. The average molecular weight is 494 g/mol. The molecule has 4 rings (SSSR count). The van der Waals surface area contributed by atoms with E-state index in [1.165, 1.54) is 11.3 Å². The van der Waals surface area contributed by atoms with Gasteiger partial charge in [0, 0.05) is 55.0 Å². The van der Waals surface area contributed by atoms with Gasteiger partial charge in [0.15, 0.2) is 0 Å². The van der Waals surface area contributed by atoms with Gasteiger partial charge in [-0.3, -0.25) is 5.14 Å². The summed E-state index contributed by atoms with van der Waals surface area (Å²) in [6, 6.07) is 17.1. The van der Waals surface area contributed by atoms with Crippen LogP contribution in [0.5, 0.6) is 0 Å². The highest BCUT2D eigenvalue weighted by Crippen LogP contribution is 2.28. The number of benzene rings is 2. The van der Waals surface area contributed by atoms with E-state index in [1.54, 1.807) is 0 Å². The molecule has 0 saturated carbocycles. The van der Waals surface area contributed by atoms with Gasteiger partial charge >= 0.3 is 0 Å². The molecule has 0 atom stereocenters. The van der Waals surface area contributed by atoms with E-state index < -0.39 is 0 Å². The Kier molecular flexibility index (Phi) is 9.37. The van der Waals surface area contributed by atoms with Crippen molar-refractivity contribution in [1.82, 2.24) is 14.9 Å². The lowest BCUT2D eigenvalue weighted by Gasteiger charge is -2.34. The molecule has 8 heteroatoms. The van der Waals surface area contributed by atoms with Gasteiger partial charge in [0.25, 0.3) is 0 Å². The number of nitrogens with two attached hydrogens (primary N) is 1. The zero-order valence-electron chi connectivity index (χ0n) is 21.5. The van der Waals surface area contributed by atoms with Gasteiger partial charge in [0.05, 0.1) is 0 Å². The van der Waals surface area contributed by atoms with Gasteiger partial charge in [-0.15, -0.1) is 12.8 Å². The van der Waals surface area contributed by atoms with Crippen LogP contribution in [-0.2, 0) is 11.8 Å². The largest absolute Gasteiger partial charge is 0.369 e. The van der Waals surface area contributed by atoms with Crippen LogP contribution in [0.25, 0.3) is 0 Å². The van der Waals surface area contributed by atoms with Crippen LogP contribution in [0.1, 0.15) is 38.8 Å². The topological polar surface area (TPSA) is 82.3 Å². The molecular weight excluding hydrogens is 454 g/mol. The van der Waals surface area contributed by atoms with E-state index in [-0.39, 0.29) is 5.41 Å². The number of aryl methyl sites for hydroxylation is 1. The van der Waals surface area contributed by atoms with E-state index in [9.17, 15) is 0 Å². The van der Waals surface area contributed by atoms with Crippen LogP contribution in [0.2, 0.25) is 0 Å². The SMILES string of the molecule is CCc1cnc(Nc2ccc(N3CCN(C)CC3)cc2)nc1Nc1cccc(C(C)(C)C)c1.NS. The Labute approximate surface area is 215 Å². The number of anilines is 5. The third-order valence-corrected chi connectivity index (χ3v) is 6.23. The number of aromatic nitrogens is 2. The highest BCUT2D eigenvalue weighted by Gasteiger charge is 2.15. The molecule has 35 heavy (non-hydrogen) atoms. The van der Waals surface area contributed by atoms with Gasteiger partial charge in [-0.25, -0.2) is 4.98 Å². The highest BCUT2D eigenvalue weighted by atomic mass is 32.1. The molecule has 0 radical (unpaired) electrons. The van der Waals surface area contributed by atoms with Crippen molar-refractivity contribution in [3.8, 4) is 0 Å². The number of nitrogens with zero attached hydrogens (tertiary/aromatic N) is 4. The van der Waals surface area contributed by atoms with Crippen molar-refractivity contribution in [2.75, 3.05) is 48.8 Å². The van der Waals surface area contributed by atoms with Gasteiger partial charge in [0.2, 0.25) is 5.95 Å². The van der Waals surface area contributed by atoms with Crippen LogP contribution < -0.4 is 20.7 Å². The van der Waals surface area contributed by atoms with Crippen molar-refractivity contribution in [1.29, 1.82) is 0 Å². The molecule has 1 fully saturated rings. The summed E-state index contributed by atoms with van der Waals surface area (Å²) in [6.45, 7) is 13.1. The van der Waals surface area contributed by atoms with Crippen molar-refractivity contribution in [3.05, 3.63) is 65.9 Å². The molecule has 3 aromatic rings. The van der Waals surface area contributed by atoms with Gasteiger partial charge in [-0.05, 0) is 60.8 Å². The zero-order chi connectivity index (χ0) is 25.4. The number of likely N-dealkylation sites (N-methyl/N-ethyl adjacent to an activating group) is 1. The van der Waals surface area contributed by atoms with E-state index in [1.807, 2.05) is 6.20 Å². The van der Waals surface area contributed by atoms with E-state index in [4.69, 9.17) is 4.98 Å². The number of piperazine rings is 1. The molecule has 1 aliphatic heterocycles. The monoisotopic (exact) mass is 493 g/mol. The van der Waals surface area contributed by atoms with Crippen molar-refractivity contribution in [3.63, 3.8) is 0 Å². The van der Waals surface area contributed by atoms with Crippen LogP contribution in [-0.4, -0.2) is 48.1 Å². The predicted molar refractivity (Wildman–Crippen MR) is 152 cm³/mol. The Morgan fingerprint density at radius 1 is 0.943 bits per heavy atom. The lowest BCUT2D eigenvalue weighted by molar-refractivity contribution is 0.313. The zero-order valence-corrected chi connectivity index (χ0v) is 22.4. The molecule has 1 aliphatic rings. The van der Waals surface area contributed by atoms with Crippen LogP contribution in [0.3, 0.4) is 0 Å². The smallest absolute Gasteiger partial charge is 0.229 e. The molecule has 2 heterocycles. The molecule has 7 nitrogen and oxygen atoms in total. The first-order valence-electron chi connectivity index (χ1n) is 12.1. The summed E-state index contributed by atoms with van der Waals surface area (Å²) >= 11 is 3.03. The maximum absolute atomic E-state index is 4.80. The van der Waals surface area contributed by atoms with Crippen LogP contribution >= 0.6 is 12.8 Å². The third-order valence-electron chi connectivity index (χ3n) is 6.23. The first-order chi connectivity index (χ1) is 16.8. The summed E-state index contributed by atoms with van der Waals surface area (Å²) in [5.41, 5.74) is 5.76. The Bertz CT molecular complexity index is 1070. The predicted octanol–water partition coefficient (Wildman–Crippen LogP) is 5.37. The van der Waals surface area contributed by atoms with Crippen LogP contribution in [0.15, 0.2) is 54.7 Å². The molecule has 1 aromatic heterocycles. The Morgan fingerprint density at radius 3 is 2.26 bits per heavy atom. The second kappa shape index (κ2) is 12.2.